The van der Waals surface area contributed by atoms with Crippen LogP contribution in [-0.4, -0.2) is 51.6 Å². The summed E-state index contributed by atoms with van der Waals surface area (Å²) in [5.41, 5.74) is 5.19. The third kappa shape index (κ3) is 12.5. The lowest BCUT2D eigenvalue weighted by Gasteiger charge is -2.48. The number of ether oxygens (including phenoxy) is 8. The standard InChI is InChI=1S/C61H82O8/c1-45(34-37-60(4,48-25-30-52(31-26-48)67-56-21-7-11-41-63-56)47-16-14-18-51(29-24-47)66-55-20-6-5-10-40-62-55)59(2,3)46-35-38-61(39-36-46,49-27-32-53(33-28-49)68-57-22-8-12-42-64-57)50-17-15-19-54(44-50)69-58-23-9-13-43-65-58/h14-15,17-19,24-33,44-46,55-58H,5-13,16,20-23,34-43H2,1-4H3. The Bertz CT molecular complexity index is 2140. The summed E-state index contributed by atoms with van der Waals surface area (Å²) in [5, 5.41) is 0. The average Bonchev–Trinajstić information content (AvgIpc) is 3.80. The molecule has 3 aromatic carbocycles. The zero-order valence-corrected chi connectivity index (χ0v) is 42.4. The Balaban J connectivity index is 0.927. The molecule has 374 valence electrons. The van der Waals surface area contributed by atoms with Gasteiger partial charge in [-0.15, -0.1) is 0 Å². The Morgan fingerprint density at radius 1 is 0.565 bits per heavy atom. The maximum Gasteiger partial charge on any atom is 0.199 e. The highest BCUT2D eigenvalue weighted by atomic mass is 16.7. The van der Waals surface area contributed by atoms with Crippen LogP contribution in [0.15, 0.2) is 108 Å². The van der Waals surface area contributed by atoms with Gasteiger partial charge in [0.05, 0.1) is 26.4 Å². The van der Waals surface area contributed by atoms with Crippen molar-refractivity contribution in [2.75, 3.05) is 26.4 Å². The molecule has 69 heavy (non-hydrogen) atoms. The highest BCUT2D eigenvalue weighted by Gasteiger charge is 2.45. The van der Waals surface area contributed by atoms with E-state index in [2.05, 4.69) is 125 Å². The van der Waals surface area contributed by atoms with E-state index in [1.807, 2.05) is 0 Å². The predicted molar refractivity (Wildman–Crippen MR) is 273 cm³/mol. The number of rotatable bonds is 17. The quantitative estimate of drug-likeness (QED) is 0.133. The first-order valence-corrected chi connectivity index (χ1v) is 27.2. The molecule has 0 radical (unpaired) electrons. The normalized spacial score (nSPS) is 28.4. The van der Waals surface area contributed by atoms with Gasteiger partial charge in [-0.2, -0.15) is 0 Å². The van der Waals surface area contributed by atoms with Crippen molar-refractivity contribution in [1.82, 2.24) is 0 Å². The molecule has 0 bridgehead atoms. The molecule has 2 aliphatic carbocycles. The Labute approximate surface area is 414 Å². The van der Waals surface area contributed by atoms with Crippen molar-refractivity contribution in [3.63, 3.8) is 0 Å². The van der Waals surface area contributed by atoms with Gasteiger partial charge in [-0.1, -0.05) is 88.2 Å². The molecule has 6 aliphatic rings. The molecule has 0 spiro atoms. The van der Waals surface area contributed by atoms with Gasteiger partial charge in [-0.3, -0.25) is 0 Å². The van der Waals surface area contributed by atoms with Gasteiger partial charge in [0.15, 0.2) is 25.2 Å². The lowest BCUT2D eigenvalue weighted by atomic mass is 9.56. The summed E-state index contributed by atoms with van der Waals surface area (Å²) in [5.74, 6) is 4.62. The van der Waals surface area contributed by atoms with Crippen LogP contribution >= 0.6 is 0 Å². The largest absolute Gasteiger partial charge is 0.465 e. The summed E-state index contributed by atoms with van der Waals surface area (Å²) in [4.78, 5) is 0. The summed E-state index contributed by atoms with van der Waals surface area (Å²) in [6.45, 7) is 13.2. The monoisotopic (exact) mass is 943 g/mol. The number of benzene rings is 3. The molecule has 4 saturated heterocycles. The molecule has 1 saturated carbocycles. The fourth-order valence-electron chi connectivity index (χ4n) is 12.1. The predicted octanol–water partition coefficient (Wildman–Crippen LogP) is 15.0. The highest BCUT2D eigenvalue weighted by molar-refractivity contribution is 5.46. The van der Waals surface area contributed by atoms with Crippen molar-refractivity contribution in [3.05, 3.63) is 125 Å². The Morgan fingerprint density at radius 3 is 1.71 bits per heavy atom. The first-order chi connectivity index (χ1) is 33.7. The Kier molecular flexibility index (Phi) is 16.9. The van der Waals surface area contributed by atoms with Crippen LogP contribution in [0.5, 0.6) is 17.2 Å². The Hall–Kier alpha value is -4.08. The second-order valence-corrected chi connectivity index (χ2v) is 21.9. The molecule has 8 nitrogen and oxygen atoms in total. The maximum atomic E-state index is 6.50. The van der Waals surface area contributed by atoms with E-state index in [0.717, 1.165) is 171 Å². The van der Waals surface area contributed by atoms with Crippen molar-refractivity contribution >= 4 is 0 Å². The molecule has 0 aromatic heterocycles. The minimum absolute atomic E-state index is 0.128. The molecule has 5 fully saturated rings. The molecule has 6 unspecified atom stereocenters. The van der Waals surface area contributed by atoms with Crippen molar-refractivity contribution in [3.8, 4) is 17.2 Å². The number of allylic oxidation sites excluding steroid dienone is 5. The fraction of sp³-hybridized carbons (Fsp3) is 0.607. The molecule has 3 aromatic rings. The molecular weight excluding hydrogens is 861 g/mol. The van der Waals surface area contributed by atoms with Gasteiger partial charge in [-0.25, -0.2) is 0 Å². The second-order valence-electron chi connectivity index (χ2n) is 21.9. The summed E-state index contributed by atoms with van der Waals surface area (Å²) in [6, 6.07) is 26.8. The minimum Gasteiger partial charge on any atom is -0.465 e. The van der Waals surface area contributed by atoms with E-state index in [9.17, 15) is 0 Å². The SMILES string of the molecule is CC(CCC(C)(C1=CC=C(OC2CCCCCO2)C=CC1)c1ccc(OC2CCCCO2)cc1)C(C)(C)C1CCC(c2ccc(OC3CCCCO3)cc2)(c2cccc(OC3CCCCO3)c2)CC1. The van der Waals surface area contributed by atoms with Crippen LogP contribution in [0.3, 0.4) is 0 Å². The van der Waals surface area contributed by atoms with E-state index in [1.54, 1.807) is 0 Å². The summed E-state index contributed by atoms with van der Waals surface area (Å²) in [7, 11) is 0. The van der Waals surface area contributed by atoms with E-state index in [1.165, 1.54) is 28.7 Å². The van der Waals surface area contributed by atoms with Crippen LogP contribution in [-0.2, 0) is 34.5 Å². The van der Waals surface area contributed by atoms with Gasteiger partial charge in [0.25, 0.3) is 0 Å². The zero-order valence-electron chi connectivity index (χ0n) is 42.4. The van der Waals surface area contributed by atoms with Crippen LogP contribution in [0, 0.1) is 17.3 Å². The van der Waals surface area contributed by atoms with Gasteiger partial charge in [0.2, 0.25) is 0 Å². The van der Waals surface area contributed by atoms with Crippen LogP contribution < -0.4 is 14.2 Å². The molecule has 8 heteroatoms. The first kappa shape index (κ1) is 49.9. The molecule has 4 heterocycles. The lowest BCUT2D eigenvalue weighted by Crippen LogP contribution is -2.40. The van der Waals surface area contributed by atoms with E-state index >= 15 is 0 Å². The van der Waals surface area contributed by atoms with E-state index in [-0.39, 0.29) is 41.4 Å². The first-order valence-electron chi connectivity index (χ1n) is 27.2. The van der Waals surface area contributed by atoms with Crippen LogP contribution in [0.4, 0.5) is 0 Å². The average molecular weight is 943 g/mol. The van der Waals surface area contributed by atoms with Gasteiger partial charge in [0.1, 0.15) is 23.0 Å². The van der Waals surface area contributed by atoms with E-state index in [0.29, 0.717) is 11.8 Å². The van der Waals surface area contributed by atoms with Gasteiger partial charge < -0.3 is 37.9 Å². The van der Waals surface area contributed by atoms with Crippen LogP contribution in [0.1, 0.15) is 173 Å². The molecule has 0 amide bonds. The van der Waals surface area contributed by atoms with Crippen molar-refractivity contribution < 1.29 is 37.9 Å². The van der Waals surface area contributed by atoms with Crippen molar-refractivity contribution in [2.45, 2.75) is 192 Å². The summed E-state index contributed by atoms with van der Waals surface area (Å²) >= 11 is 0. The molecule has 4 aliphatic heterocycles. The smallest absolute Gasteiger partial charge is 0.199 e. The third-order valence-corrected chi connectivity index (χ3v) is 17.2. The van der Waals surface area contributed by atoms with E-state index in [4.69, 9.17) is 37.9 Å². The summed E-state index contributed by atoms with van der Waals surface area (Å²) in [6.07, 6.45) is 29.7. The van der Waals surface area contributed by atoms with Gasteiger partial charge in [-0.05, 0) is 179 Å². The number of hydrogen-bond donors (Lipinski definition) is 0. The molecule has 0 N–H and O–H groups in total. The number of hydrogen-bond acceptors (Lipinski definition) is 8. The molecule has 6 atom stereocenters. The van der Waals surface area contributed by atoms with Crippen molar-refractivity contribution in [1.29, 1.82) is 0 Å². The zero-order chi connectivity index (χ0) is 47.5. The minimum atomic E-state index is -0.199. The Morgan fingerprint density at radius 2 is 1.10 bits per heavy atom. The fourth-order valence-corrected chi connectivity index (χ4v) is 12.1. The summed E-state index contributed by atoms with van der Waals surface area (Å²) < 4.78 is 49.6. The second kappa shape index (κ2) is 23.4. The highest BCUT2D eigenvalue weighted by Crippen LogP contribution is 2.54. The topological polar surface area (TPSA) is 73.8 Å². The van der Waals surface area contributed by atoms with Crippen LogP contribution in [0.2, 0.25) is 0 Å². The third-order valence-electron chi connectivity index (χ3n) is 17.2. The van der Waals surface area contributed by atoms with E-state index < -0.39 is 0 Å². The molecule has 9 rings (SSSR count). The van der Waals surface area contributed by atoms with Gasteiger partial charge >= 0.3 is 0 Å². The molecular formula is C61H82O8. The van der Waals surface area contributed by atoms with Crippen LogP contribution in [0.25, 0.3) is 0 Å². The lowest BCUT2D eigenvalue weighted by molar-refractivity contribution is -0.110. The van der Waals surface area contributed by atoms with Crippen molar-refractivity contribution in [2.24, 2.45) is 17.3 Å². The van der Waals surface area contributed by atoms with Gasteiger partial charge in [0, 0.05) is 36.5 Å². The maximum absolute atomic E-state index is 6.50.